The predicted molar refractivity (Wildman–Crippen MR) is 208 cm³/mol. The Morgan fingerprint density at radius 2 is 1.68 bits per heavy atom. The Hall–Kier alpha value is -2.95. The molecule has 16 nitrogen and oxygen atoms in total. The summed E-state index contributed by atoms with van der Waals surface area (Å²) in [5.74, 6) is -4.69. The van der Waals surface area contributed by atoms with Crippen molar-refractivity contribution in [3.05, 3.63) is 69.4 Å². The van der Waals surface area contributed by atoms with Gasteiger partial charge in [0.05, 0.1) is 36.4 Å². The van der Waals surface area contributed by atoms with Gasteiger partial charge in [0.2, 0.25) is 0 Å². The third kappa shape index (κ3) is 8.44. The van der Waals surface area contributed by atoms with Crippen molar-refractivity contribution in [3.63, 3.8) is 0 Å². The SMILES string of the molecule is CCOC(=O)O[C@H]1C(=O)[C@@]2(C)C([C@H](OC(=O)c3ccccc3)[C@]3(O)C[C@H](OC(=O)[C@H](O)[C@@H](NC(=O)OC(C)(C)C)c4cccs4)C(C)=C1C3(C)C)[C@]1(O)CO[C@@H]1C[C@@H]2O.[Ac]. The second-order valence-electron chi connectivity index (χ2n) is 17.4. The standard InChI is InChI=1S/C42H53NO15S.Ac/c1-9-53-37(50)56-30-27-21(2)23(55-35(48)29(45)28(24-16-13-17-59-24)43-36(49)58-38(3,4)5)19-42(52,39(27,6)7)33(57-34(47)22-14-11-10-12-15-22)31-40(8,32(30)46)25(44)18-26-41(31,51)20-54-26;/h10-17,23,25-26,28-31,33,44-45,51-52H,9,18-20H2,1-8H3,(H,43,49);/t23-,25-,26+,28-,29+,30+,31?,33-,40+,41-,42+;/m0./s1. The third-order valence-electron chi connectivity index (χ3n) is 12.4. The van der Waals surface area contributed by atoms with Crippen molar-refractivity contribution < 1.29 is 117 Å². The van der Waals surface area contributed by atoms with E-state index >= 15 is 4.79 Å². The fourth-order valence-electron chi connectivity index (χ4n) is 9.26. The van der Waals surface area contributed by atoms with E-state index in [-0.39, 0.29) is 80.4 Å². The fraction of sp³-hybridized carbons (Fsp3) is 0.595. The number of hydrogen-bond donors (Lipinski definition) is 5. The van der Waals surface area contributed by atoms with Crippen LogP contribution in [-0.2, 0) is 38.0 Å². The second-order valence-corrected chi connectivity index (χ2v) is 18.4. The summed E-state index contributed by atoms with van der Waals surface area (Å²) in [6, 6.07) is 9.72. The molecule has 3 fully saturated rings. The molecule has 2 bridgehead atoms. The van der Waals surface area contributed by atoms with Crippen LogP contribution in [0.1, 0.15) is 89.5 Å². The van der Waals surface area contributed by atoms with Crippen LogP contribution >= 0.6 is 11.3 Å². The van der Waals surface area contributed by atoms with E-state index in [1.807, 2.05) is 0 Å². The Bertz CT molecular complexity index is 1980. The molecular weight excluding hydrogens is 1020 g/mol. The molecule has 6 rings (SSSR count). The van der Waals surface area contributed by atoms with Gasteiger partial charge < -0.3 is 54.2 Å². The van der Waals surface area contributed by atoms with E-state index in [0.717, 1.165) is 11.3 Å². The van der Waals surface area contributed by atoms with Crippen molar-refractivity contribution in [2.45, 2.75) is 128 Å². The van der Waals surface area contributed by atoms with Gasteiger partial charge in [-0.2, -0.15) is 0 Å². The number of Topliss-reactive ketones (excluding diaryl/α,β-unsaturated/α-hetero) is 1. The number of thiophene rings is 1. The predicted octanol–water partition coefficient (Wildman–Crippen LogP) is 3.93. The van der Waals surface area contributed by atoms with Gasteiger partial charge in [-0.25, -0.2) is 19.2 Å². The van der Waals surface area contributed by atoms with Crippen LogP contribution in [0.4, 0.5) is 9.59 Å². The molecule has 1 aliphatic heterocycles. The number of rotatable bonds is 9. The number of ether oxygens (including phenoxy) is 6. The van der Waals surface area contributed by atoms with E-state index < -0.39 is 113 Å². The molecule has 325 valence electrons. The Morgan fingerprint density at radius 1 is 1.02 bits per heavy atom. The van der Waals surface area contributed by atoms with Crippen LogP contribution in [0.3, 0.4) is 0 Å². The van der Waals surface area contributed by atoms with Crippen molar-refractivity contribution in [3.8, 4) is 0 Å². The molecule has 1 aromatic heterocycles. The zero-order valence-corrected chi connectivity index (χ0v) is 40.4. The molecular formula is C42H53AcNO15S. The van der Waals surface area contributed by atoms with Crippen LogP contribution in [0.5, 0.6) is 0 Å². The van der Waals surface area contributed by atoms with Crippen LogP contribution in [0.25, 0.3) is 0 Å². The largest absolute Gasteiger partial charge is 0.509 e. The van der Waals surface area contributed by atoms with Gasteiger partial charge in [0.25, 0.3) is 0 Å². The van der Waals surface area contributed by atoms with Crippen molar-refractivity contribution in [2.75, 3.05) is 13.2 Å². The summed E-state index contributed by atoms with van der Waals surface area (Å²) in [5, 5.41) is 53.6. The van der Waals surface area contributed by atoms with E-state index in [1.54, 1.807) is 56.5 Å². The molecule has 1 radical (unpaired) electrons. The first-order chi connectivity index (χ1) is 27.5. The summed E-state index contributed by atoms with van der Waals surface area (Å²) >= 11 is 1.14. The number of esters is 2. The molecule has 2 aromatic rings. The first-order valence-corrected chi connectivity index (χ1v) is 20.4. The van der Waals surface area contributed by atoms with Crippen molar-refractivity contribution in [2.24, 2.45) is 16.7 Å². The van der Waals surface area contributed by atoms with Gasteiger partial charge in [0.15, 0.2) is 18.0 Å². The van der Waals surface area contributed by atoms with E-state index in [2.05, 4.69) is 5.32 Å². The van der Waals surface area contributed by atoms with Crippen molar-refractivity contribution in [1.29, 1.82) is 0 Å². The van der Waals surface area contributed by atoms with Gasteiger partial charge in [-0.3, -0.25) is 4.79 Å². The van der Waals surface area contributed by atoms with Crippen molar-refractivity contribution in [1.82, 2.24) is 5.32 Å². The number of aliphatic hydroxyl groups excluding tert-OH is 2. The summed E-state index contributed by atoms with van der Waals surface area (Å²) in [7, 11) is 0. The molecule has 0 spiro atoms. The van der Waals surface area contributed by atoms with Crippen LogP contribution in [0.2, 0.25) is 0 Å². The molecule has 3 aliphatic carbocycles. The summed E-state index contributed by atoms with van der Waals surface area (Å²) in [6.45, 7) is 11.9. The molecule has 1 aromatic carbocycles. The number of nitrogens with one attached hydrogen (secondary N) is 1. The number of carbonyl (C=O) groups is 5. The fourth-order valence-corrected chi connectivity index (χ4v) is 10.1. The maximum Gasteiger partial charge on any atom is 0.509 e. The maximum atomic E-state index is 15.3. The average molecular weight is 1070 g/mol. The monoisotopic (exact) mass is 1070 g/mol. The molecule has 1 saturated heterocycles. The molecule has 5 N–H and O–H groups in total. The maximum absolute atomic E-state index is 15.3. The van der Waals surface area contributed by atoms with Gasteiger partial charge in [0, 0.05) is 73.1 Å². The number of carbonyl (C=O) groups excluding carboxylic acids is 5. The van der Waals surface area contributed by atoms with Crippen LogP contribution in [-0.4, -0.2) is 117 Å². The van der Waals surface area contributed by atoms with E-state index in [9.17, 15) is 39.6 Å². The van der Waals surface area contributed by atoms with E-state index in [0.29, 0.717) is 4.88 Å². The summed E-state index contributed by atoms with van der Waals surface area (Å²) in [6.07, 6.45) is -12.8. The molecule has 1 unspecified atom stereocenters. The van der Waals surface area contributed by atoms with Gasteiger partial charge >= 0.3 is 24.2 Å². The number of alkyl carbamates (subject to hydrolysis) is 1. The first kappa shape index (κ1) is 48.1. The number of aliphatic hydroxyl groups is 4. The van der Waals surface area contributed by atoms with Gasteiger partial charge in [-0.05, 0) is 76.3 Å². The number of amides is 1. The number of hydrogen-bond acceptors (Lipinski definition) is 16. The first-order valence-electron chi connectivity index (χ1n) is 19.5. The van der Waals surface area contributed by atoms with E-state index in [1.165, 1.54) is 46.8 Å². The molecule has 2 saturated carbocycles. The van der Waals surface area contributed by atoms with Crippen LogP contribution in [0, 0.1) is 60.8 Å². The number of benzene rings is 1. The number of ketones is 1. The van der Waals surface area contributed by atoms with E-state index in [4.69, 9.17) is 28.4 Å². The Kier molecular flexibility index (Phi) is 14.2. The topological polar surface area (TPSA) is 234 Å². The quantitative estimate of drug-likeness (QED) is 0.136. The Labute approximate surface area is 387 Å². The van der Waals surface area contributed by atoms with Crippen LogP contribution < -0.4 is 5.32 Å². The molecule has 4 aliphatic rings. The summed E-state index contributed by atoms with van der Waals surface area (Å²) < 4.78 is 34.3. The smallest absolute Gasteiger partial charge is 0.456 e. The molecule has 2 heterocycles. The van der Waals surface area contributed by atoms with Gasteiger partial charge in [0.1, 0.15) is 35.1 Å². The van der Waals surface area contributed by atoms with Crippen molar-refractivity contribution >= 4 is 41.3 Å². The van der Waals surface area contributed by atoms with Gasteiger partial charge in [-0.1, -0.05) is 38.1 Å². The summed E-state index contributed by atoms with van der Waals surface area (Å²) in [4.78, 5) is 70.0. The van der Waals surface area contributed by atoms with Crippen LogP contribution in [0.15, 0.2) is 59.0 Å². The Morgan fingerprint density at radius 3 is 2.25 bits per heavy atom. The molecule has 60 heavy (non-hydrogen) atoms. The Balaban J connectivity index is 0.00000683. The minimum Gasteiger partial charge on any atom is -0.456 e. The molecule has 18 heteroatoms. The average Bonchev–Trinajstić information content (AvgIpc) is 3.70. The number of fused-ring (bicyclic) bond motifs is 5. The molecule has 11 atom stereocenters. The zero-order valence-electron chi connectivity index (χ0n) is 34.8. The normalized spacial score (nSPS) is 32.8. The summed E-state index contributed by atoms with van der Waals surface area (Å²) in [5.41, 5.74) is -8.87. The minimum absolute atomic E-state index is 0. The zero-order chi connectivity index (χ0) is 43.5. The second kappa shape index (κ2) is 17.7. The third-order valence-corrected chi connectivity index (χ3v) is 13.4. The van der Waals surface area contributed by atoms with Gasteiger partial charge in [-0.15, -0.1) is 11.3 Å². The minimum atomic E-state index is -2.39. The molecule has 1 amide bonds.